The van der Waals surface area contributed by atoms with Gasteiger partial charge in [0.25, 0.3) is 0 Å². The lowest BCUT2D eigenvalue weighted by atomic mass is 9.64. The van der Waals surface area contributed by atoms with E-state index in [0.29, 0.717) is 41.9 Å². The number of ether oxygens (including phenoxy) is 1. The summed E-state index contributed by atoms with van der Waals surface area (Å²) in [6.45, 7) is 5.29. The highest BCUT2D eigenvalue weighted by Crippen LogP contribution is 2.49. The van der Waals surface area contributed by atoms with Gasteiger partial charge in [-0.25, -0.2) is 19.2 Å². The topological polar surface area (TPSA) is 128 Å². The minimum Gasteiger partial charge on any atom is -0.441 e. The van der Waals surface area contributed by atoms with Crippen LogP contribution in [0.1, 0.15) is 56.9 Å². The number of hydrogen-bond donors (Lipinski definition) is 2. The molecule has 1 saturated carbocycles. The van der Waals surface area contributed by atoms with Crippen LogP contribution in [0, 0.1) is 16.7 Å². The lowest BCUT2D eigenvalue weighted by molar-refractivity contribution is -0.0598. The van der Waals surface area contributed by atoms with Gasteiger partial charge < -0.3 is 14.8 Å². The number of aromatic amines is 1. The summed E-state index contributed by atoms with van der Waals surface area (Å²) in [6, 6.07) is 5.77. The molecule has 2 N–H and O–H groups in total. The van der Waals surface area contributed by atoms with E-state index in [1.54, 1.807) is 26.2 Å². The normalized spacial score (nSPS) is 26.8. The second-order valence-electron chi connectivity index (χ2n) is 10.5. The van der Waals surface area contributed by atoms with Gasteiger partial charge in [-0.2, -0.15) is 5.26 Å². The highest BCUT2D eigenvalue weighted by molar-refractivity contribution is 5.89. The van der Waals surface area contributed by atoms with E-state index in [0.717, 1.165) is 11.1 Å². The van der Waals surface area contributed by atoms with Crippen molar-refractivity contribution in [2.24, 2.45) is 5.41 Å². The summed E-state index contributed by atoms with van der Waals surface area (Å²) < 4.78 is 21.3. The molecule has 182 valence electrons. The van der Waals surface area contributed by atoms with Crippen molar-refractivity contribution in [3.8, 4) is 6.07 Å². The van der Waals surface area contributed by atoms with Crippen molar-refractivity contribution in [1.29, 1.82) is 5.26 Å². The zero-order valence-corrected chi connectivity index (χ0v) is 19.9. The first kappa shape index (κ1) is 23.2. The largest absolute Gasteiger partial charge is 0.441 e. The molecule has 35 heavy (non-hydrogen) atoms. The van der Waals surface area contributed by atoms with Crippen molar-refractivity contribution >= 4 is 22.9 Å². The number of anilines is 1. The number of amides is 1. The summed E-state index contributed by atoms with van der Waals surface area (Å²) in [5.41, 5.74) is 0.197. The van der Waals surface area contributed by atoms with Gasteiger partial charge in [0.05, 0.1) is 53.6 Å². The number of rotatable bonds is 4. The summed E-state index contributed by atoms with van der Waals surface area (Å²) in [6.07, 6.45) is 4.05. The Kier molecular flexibility index (Phi) is 5.29. The Labute approximate surface area is 202 Å². The smallest absolute Gasteiger partial charge is 0.416 e. The summed E-state index contributed by atoms with van der Waals surface area (Å²) in [5.74, 6) is 0.320. The third-order valence-electron chi connectivity index (χ3n) is 7.21. The molecule has 2 aromatic heterocycles. The second-order valence-corrected chi connectivity index (χ2v) is 10.5. The van der Waals surface area contributed by atoms with Gasteiger partial charge in [0.15, 0.2) is 5.82 Å². The number of benzene rings is 1. The van der Waals surface area contributed by atoms with Crippen LogP contribution in [0.3, 0.4) is 0 Å². The van der Waals surface area contributed by atoms with E-state index in [1.807, 2.05) is 13.0 Å². The van der Waals surface area contributed by atoms with Crippen LogP contribution in [0.2, 0.25) is 0 Å². The van der Waals surface area contributed by atoms with E-state index >= 15 is 4.39 Å². The number of nitrogens with zero attached hydrogens (tertiary/aromatic N) is 5. The van der Waals surface area contributed by atoms with Crippen molar-refractivity contribution in [3.63, 3.8) is 0 Å². The molecule has 5 rings (SSSR count). The van der Waals surface area contributed by atoms with E-state index in [-0.39, 0.29) is 13.0 Å². The summed E-state index contributed by atoms with van der Waals surface area (Å²) in [5, 5.41) is 19.8. The zero-order chi connectivity index (χ0) is 25.0. The van der Waals surface area contributed by atoms with E-state index in [9.17, 15) is 15.2 Å². The first-order valence-corrected chi connectivity index (χ1v) is 11.6. The molecule has 1 saturated heterocycles. The Hall–Kier alpha value is -3.58. The van der Waals surface area contributed by atoms with Gasteiger partial charge >= 0.3 is 6.09 Å². The van der Waals surface area contributed by atoms with E-state index in [2.05, 4.69) is 26.0 Å². The number of H-pyrrole nitrogens is 1. The number of halogens is 1. The Morgan fingerprint density at radius 3 is 2.83 bits per heavy atom. The number of carbonyl (C=O) groups excluding carboxylic acids is 1. The third-order valence-corrected chi connectivity index (χ3v) is 7.21. The predicted octanol–water partition coefficient (Wildman–Crippen LogP) is 3.92. The van der Waals surface area contributed by atoms with E-state index in [1.165, 1.54) is 17.3 Å². The van der Waals surface area contributed by atoms with Crippen LogP contribution in [-0.4, -0.2) is 49.5 Å². The van der Waals surface area contributed by atoms with Crippen molar-refractivity contribution in [1.82, 2.24) is 19.9 Å². The third kappa shape index (κ3) is 4.10. The minimum atomic E-state index is -1.15. The molecule has 1 aromatic carbocycles. The summed E-state index contributed by atoms with van der Waals surface area (Å²) >= 11 is 0. The van der Waals surface area contributed by atoms with Crippen molar-refractivity contribution in [3.05, 3.63) is 47.7 Å². The zero-order valence-electron chi connectivity index (χ0n) is 19.9. The molecule has 3 heterocycles. The fourth-order valence-electron chi connectivity index (χ4n) is 5.36. The number of alkyl halides is 1. The van der Waals surface area contributed by atoms with Gasteiger partial charge in [-0.3, -0.25) is 9.88 Å². The SMILES string of the molecule is CC(C)(O)c1cnc(N2C[C@@]3(CC[C@@H](F)[C@@](C)(Cc4cc5[nH]cnc5cc4C#N)C3)OC2=O)cn1. The monoisotopic (exact) mass is 478 g/mol. The maximum atomic E-state index is 15.4. The van der Waals surface area contributed by atoms with Crippen LogP contribution in [0.4, 0.5) is 15.0 Å². The van der Waals surface area contributed by atoms with Crippen molar-refractivity contribution < 1.29 is 19.0 Å². The quantitative estimate of drug-likeness (QED) is 0.582. The van der Waals surface area contributed by atoms with Crippen LogP contribution in [0.15, 0.2) is 30.9 Å². The molecule has 3 aromatic rings. The number of carbonyl (C=O) groups is 1. The number of nitrogens with one attached hydrogen (secondary N) is 1. The van der Waals surface area contributed by atoms with Gasteiger partial charge in [0, 0.05) is 5.41 Å². The Balaban J connectivity index is 1.40. The molecule has 1 spiro atoms. The first-order valence-electron chi connectivity index (χ1n) is 11.6. The number of imidazole rings is 1. The maximum absolute atomic E-state index is 15.4. The van der Waals surface area contributed by atoms with Crippen molar-refractivity contribution in [2.45, 2.75) is 63.8 Å². The summed E-state index contributed by atoms with van der Waals surface area (Å²) in [7, 11) is 0. The van der Waals surface area contributed by atoms with E-state index < -0.39 is 28.9 Å². The molecule has 1 amide bonds. The highest BCUT2D eigenvalue weighted by atomic mass is 19.1. The molecule has 10 heteroatoms. The van der Waals surface area contributed by atoms with Gasteiger partial charge in [-0.1, -0.05) is 6.92 Å². The van der Waals surface area contributed by atoms with Gasteiger partial charge in [0.1, 0.15) is 17.4 Å². The number of hydrogen-bond acceptors (Lipinski definition) is 7. The second kappa shape index (κ2) is 7.99. The summed E-state index contributed by atoms with van der Waals surface area (Å²) in [4.78, 5) is 30.0. The number of aromatic nitrogens is 4. The predicted molar refractivity (Wildman–Crippen MR) is 125 cm³/mol. The molecule has 0 bridgehead atoms. The molecule has 0 radical (unpaired) electrons. The molecule has 1 aliphatic carbocycles. The average molecular weight is 479 g/mol. The van der Waals surface area contributed by atoms with Crippen LogP contribution in [-0.2, 0) is 16.8 Å². The molecule has 0 unspecified atom stereocenters. The lowest BCUT2D eigenvalue weighted by Gasteiger charge is -2.45. The molecule has 2 aliphatic rings. The molecule has 9 nitrogen and oxygen atoms in total. The number of fused-ring (bicyclic) bond motifs is 1. The first-order chi connectivity index (χ1) is 16.5. The standard InChI is InChI=1S/C25H27FN6O3/c1-23(2,34)20-10-29-21(11-28-20)32-13-25(35-22(32)33)5-4-19(26)24(3,12-25)8-15-6-17-18(31-14-30-17)7-16(15)9-27/h6-7,10-11,14,19,34H,4-5,8,12-13H2,1-3H3,(H,30,31)/t19-,24+,25+/m1/s1. The van der Waals surface area contributed by atoms with E-state index in [4.69, 9.17) is 4.74 Å². The fraction of sp³-hybridized carbons (Fsp3) is 0.480. The highest BCUT2D eigenvalue weighted by Gasteiger charge is 2.55. The Morgan fingerprint density at radius 2 is 2.14 bits per heavy atom. The Morgan fingerprint density at radius 1 is 1.34 bits per heavy atom. The van der Waals surface area contributed by atoms with Crippen LogP contribution in [0.25, 0.3) is 11.0 Å². The van der Waals surface area contributed by atoms with Crippen LogP contribution in [0.5, 0.6) is 0 Å². The molecule has 3 atom stereocenters. The molecular formula is C25H27FN6O3. The van der Waals surface area contributed by atoms with Gasteiger partial charge in [-0.15, -0.1) is 0 Å². The molecule has 2 fully saturated rings. The lowest BCUT2D eigenvalue weighted by Crippen LogP contribution is -2.49. The molecular weight excluding hydrogens is 451 g/mol. The minimum absolute atomic E-state index is 0.232. The number of nitriles is 1. The average Bonchev–Trinajstić information content (AvgIpc) is 3.39. The van der Waals surface area contributed by atoms with Crippen molar-refractivity contribution in [2.75, 3.05) is 11.4 Å². The fourth-order valence-corrected chi connectivity index (χ4v) is 5.36. The Bertz CT molecular complexity index is 1330. The van der Waals surface area contributed by atoms with Gasteiger partial charge in [0.2, 0.25) is 0 Å². The molecule has 1 aliphatic heterocycles. The number of aliphatic hydroxyl groups is 1. The van der Waals surface area contributed by atoms with Crippen LogP contribution >= 0.6 is 0 Å². The maximum Gasteiger partial charge on any atom is 0.416 e. The van der Waals surface area contributed by atoms with Gasteiger partial charge in [-0.05, 0) is 57.2 Å². The van der Waals surface area contributed by atoms with Crippen LogP contribution < -0.4 is 4.90 Å².